The molecule has 1 aromatic heterocycles. The number of nitriles is 1. The molecule has 0 saturated carbocycles. The minimum Gasteiger partial charge on any atom is -0.488 e. The van der Waals surface area contributed by atoms with Crippen LogP contribution in [0.2, 0.25) is 0 Å². The van der Waals surface area contributed by atoms with Gasteiger partial charge in [0.05, 0.1) is 12.2 Å². The molecule has 0 fully saturated rings. The lowest BCUT2D eigenvalue weighted by Gasteiger charge is -2.17. The predicted octanol–water partition coefficient (Wildman–Crippen LogP) is 4.65. The monoisotopic (exact) mass is 522 g/mol. The number of aromatic nitrogens is 1. The highest BCUT2D eigenvalue weighted by molar-refractivity contribution is 5.73. The van der Waals surface area contributed by atoms with Crippen LogP contribution < -0.4 is 15.4 Å². The van der Waals surface area contributed by atoms with Gasteiger partial charge in [-0.1, -0.05) is 54.6 Å². The van der Waals surface area contributed by atoms with E-state index in [-0.39, 0.29) is 13.2 Å². The lowest BCUT2D eigenvalue weighted by molar-refractivity contribution is -0.140. The van der Waals surface area contributed by atoms with E-state index in [4.69, 9.17) is 10.00 Å². The summed E-state index contributed by atoms with van der Waals surface area (Å²) in [5, 5.41) is 34.1. The van der Waals surface area contributed by atoms with Crippen molar-refractivity contribution >= 4 is 11.7 Å². The summed E-state index contributed by atoms with van der Waals surface area (Å²) in [5.74, 6) is -0.586. The molecule has 0 aliphatic carbocycles. The fraction of sp³-hybridized carbons (Fsp3) is 0.194. The number of hydrogen-bond acceptors (Lipinski definition) is 7. The topological polar surface area (TPSA) is 128 Å². The van der Waals surface area contributed by atoms with Crippen molar-refractivity contribution in [1.29, 1.82) is 5.26 Å². The van der Waals surface area contributed by atoms with Crippen molar-refractivity contribution in [3.8, 4) is 22.9 Å². The Balaban J connectivity index is 1.53. The number of carbonyl (C=O) groups is 1. The number of nitrogens with zero attached hydrogens (tertiary/aromatic N) is 2. The van der Waals surface area contributed by atoms with Crippen LogP contribution in [0.15, 0.2) is 85.2 Å². The van der Waals surface area contributed by atoms with Gasteiger partial charge >= 0.3 is 5.97 Å². The first kappa shape index (κ1) is 27.3. The quantitative estimate of drug-likeness (QED) is 0.212. The van der Waals surface area contributed by atoms with Gasteiger partial charge in [0.2, 0.25) is 0 Å². The molecule has 0 aliphatic heterocycles. The Morgan fingerprint density at radius 2 is 1.85 bits per heavy atom. The van der Waals surface area contributed by atoms with Crippen molar-refractivity contribution in [3.63, 3.8) is 0 Å². The van der Waals surface area contributed by atoms with E-state index in [2.05, 4.69) is 58.9 Å². The van der Waals surface area contributed by atoms with Crippen LogP contribution in [0.5, 0.6) is 5.75 Å². The number of carboxylic acid groups (broad SMARTS) is 1. The van der Waals surface area contributed by atoms with Crippen LogP contribution in [0.1, 0.15) is 27.8 Å². The van der Waals surface area contributed by atoms with Crippen molar-refractivity contribution in [2.24, 2.45) is 0 Å². The van der Waals surface area contributed by atoms with Gasteiger partial charge in [-0.05, 0) is 41.3 Å². The van der Waals surface area contributed by atoms with Crippen LogP contribution in [-0.2, 0) is 24.5 Å². The first-order valence-corrected chi connectivity index (χ1v) is 12.5. The maximum Gasteiger partial charge on any atom is 0.323 e. The summed E-state index contributed by atoms with van der Waals surface area (Å²) in [6, 6.07) is 24.9. The summed E-state index contributed by atoms with van der Waals surface area (Å²) in [5.41, 5.74) is 7.45. The molecular weight excluding hydrogens is 492 g/mol. The normalized spacial score (nSPS) is 11.4. The Kier molecular flexibility index (Phi) is 9.25. The number of ether oxygens (including phenoxy) is 1. The van der Waals surface area contributed by atoms with Crippen molar-refractivity contribution in [1.82, 2.24) is 10.3 Å². The summed E-state index contributed by atoms with van der Waals surface area (Å²) in [6.45, 7) is 2.55. The molecule has 0 amide bonds. The third-order valence-corrected chi connectivity index (χ3v) is 6.42. The molecule has 1 heterocycles. The lowest BCUT2D eigenvalue weighted by atomic mass is 9.96. The van der Waals surface area contributed by atoms with E-state index < -0.39 is 18.6 Å². The highest BCUT2D eigenvalue weighted by Crippen LogP contribution is 2.28. The number of pyridine rings is 1. The zero-order valence-corrected chi connectivity index (χ0v) is 21.6. The van der Waals surface area contributed by atoms with Crippen LogP contribution in [-0.4, -0.2) is 33.8 Å². The summed E-state index contributed by atoms with van der Waals surface area (Å²) in [7, 11) is 0. The maximum absolute atomic E-state index is 11.3. The molecule has 0 aliphatic rings. The lowest BCUT2D eigenvalue weighted by Crippen LogP contribution is -2.39. The molecule has 0 radical (unpaired) electrons. The molecule has 8 nitrogen and oxygen atoms in total. The van der Waals surface area contributed by atoms with Crippen LogP contribution in [0.25, 0.3) is 11.1 Å². The van der Waals surface area contributed by atoms with Crippen molar-refractivity contribution in [2.45, 2.75) is 32.7 Å². The second-order valence-corrected chi connectivity index (χ2v) is 9.07. The minimum absolute atomic E-state index is 0.180. The first-order valence-electron chi connectivity index (χ1n) is 12.5. The third kappa shape index (κ3) is 7.20. The van der Waals surface area contributed by atoms with Gasteiger partial charge in [-0.2, -0.15) is 5.26 Å². The third-order valence-electron chi connectivity index (χ3n) is 6.42. The molecular formula is C31H30N4O4. The summed E-state index contributed by atoms with van der Waals surface area (Å²) >= 11 is 0. The van der Waals surface area contributed by atoms with E-state index in [0.29, 0.717) is 17.9 Å². The molecule has 1 atom stereocenters. The maximum atomic E-state index is 11.3. The van der Waals surface area contributed by atoms with E-state index in [1.165, 1.54) is 22.9 Å². The molecule has 0 saturated heterocycles. The molecule has 0 bridgehead atoms. The molecule has 4 N–H and O–H groups in total. The fourth-order valence-corrected chi connectivity index (χ4v) is 4.20. The van der Waals surface area contributed by atoms with Crippen LogP contribution >= 0.6 is 0 Å². The standard InChI is InChI=1S/C31H30N4O4/c1-21-25(8-5-9-28(21)24-6-3-2-4-7-24)17-34-27-11-10-26(18-35-29(19-36)31(37)38)30(13-27)39-20-23-12-22(14-32)15-33-16-23/h2-13,15-16,29,34-36H,17-20H2,1H3,(H,37,38). The van der Waals surface area contributed by atoms with Gasteiger partial charge in [0, 0.05) is 48.4 Å². The van der Waals surface area contributed by atoms with Crippen molar-refractivity contribution in [3.05, 3.63) is 113 Å². The van der Waals surface area contributed by atoms with Crippen LogP contribution in [0.3, 0.4) is 0 Å². The molecule has 39 heavy (non-hydrogen) atoms. The van der Waals surface area contributed by atoms with Crippen LogP contribution in [0.4, 0.5) is 5.69 Å². The van der Waals surface area contributed by atoms with Gasteiger partial charge in [-0.3, -0.25) is 15.1 Å². The summed E-state index contributed by atoms with van der Waals surface area (Å²) in [6.07, 6.45) is 3.12. The van der Waals surface area contributed by atoms with E-state index in [1.807, 2.05) is 36.4 Å². The summed E-state index contributed by atoms with van der Waals surface area (Å²) < 4.78 is 6.10. The van der Waals surface area contributed by atoms with Gasteiger partial charge in [0.15, 0.2) is 0 Å². The number of hydrogen-bond donors (Lipinski definition) is 4. The van der Waals surface area contributed by atoms with Gasteiger partial charge in [0.25, 0.3) is 0 Å². The Labute approximate surface area is 227 Å². The average molecular weight is 523 g/mol. The van der Waals surface area contributed by atoms with Crippen LogP contribution in [0, 0.1) is 18.3 Å². The minimum atomic E-state index is -1.13. The second-order valence-electron chi connectivity index (χ2n) is 9.07. The fourth-order valence-electron chi connectivity index (χ4n) is 4.20. The first-order chi connectivity index (χ1) is 19.0. The highest BCUT2D eigenvalue weighted by atomic mass is 16.5. The smallest absolute Gasteiger partial charge is 0.323 e. The highest BCUT2D eigenvalue weighted by Gasteiger charge is 2.17. The Morgan fingerprint density at radius 1 is 1.03 bits per heavy atom. The Morgan fingerprint density at radius 3 is 2.59 bits per heavy atom. The molecule has 198 valence electrons. The number of aliphatic hydroxyl groups is 1. The van der Waals surface area contributed by atoms with E-state index in [9.17, 15) is 15.0 Å². The predicted molar refractivity (Wildman–Crippen MR) is 149 cm³/mol. The Bertz CT molecular complexity index is 1470. The number of nitrogens with one attached hydrogen (secondary N) is 2. The zero-order valence-electron chi connectivity index (χ0n) is 21.6. The van der Waals surface area contributed by atoms with Crippen molar-refractivity contribution in [2.75, 3.05) is 11.9 Å². The van der Waals surface area contributed by atoms with Gasteiger partial charge in [-0.15, -0.1) is 0 Å². The molecule has 8 heteroatoms. The van der Waals surface area contributed by atoms with Gasteiger partial charge in [0.1, 0.15) is 24.5 Å². The second kappa shape index (κ2) is 13.2. The van der Waals surface area contributed by atoms with Gasteiger partial charge in [-0.25, -0.2) is 0 Å². The van der Waals surface area contributed by atoms with Gasteiger partial charge < -0.3 is 20.3 Å². The molecule has 4 aromatic rings. The number of anilines is 1. The molecule has 0 spiro atoms. The number of rotatable bonds is 12. The summed E-state index contributed by atoms with van der Waals surface area (Å²) in [4.78, 5) is 15.4. The van der Waals surface area contributed by atoms with E-state index in [0.717, 1.165) is 22.4 Å². The average Bonchev–Trinajstić information content (AvgIpc) is 2.97. The largest absolute Gasteiger partial charge is 0.488 e. The number of carboxylic acids is 1. The zero-order chi connectivity index (χ0) is 27.6. The molecule has 1 unspecified atom stereocenters. The van der Waals surface area contributed by atoms with Crippen molar-refractivity contribution < 1.29 is 19.7 Å². The van der Waals surface area contributed by atoms with E-state index >= 15 is 0 Å². The Hall–Kier alpha value is -4.71. The number of aliphatic hydroxyl groups excluding tert-OH is 1. The number of aliphatic carboxylic acids is 1. The molecule has 4 rings (SSSR count). The molecule has 3 aromatic carbocycles. The SMILES string of the molecule is Cc1c(CNc2ccc(CNC(CO)C(=O)O)c(OCc3cncc(C#N)c3)c2)cccc1-c1ccccc1. The number of benzene rings is 3. The van der Waals surface area contributed by atoms with E-state index in [1.54, 1.807) is 12.3 Å².